The van der Waals surface area contributed by atoms with Crippen molar-refractivity contribution in [1.29, 1.82) is 0 Å². The fraction of sp³-hybridized carbons (Fsp3) is 0.286. The molecule has 0 bridgehead atoms. The van der Waals surface area contributed by atoms with Crippen LogP contribution >= 0.6 is 0 Å². The van der Waals surface area contributed by atoms with Gasteiger partial charge in [-0.1, -0.05) is 18.2 Å². The van der Waals surface area contributed by atoms with Crippen LogP contribution in [0.1, 0.15) is 24.1 Å². The molecule has 1 atom stereocenters. The first-order valence-electron chi connectivity index (χ1n) is 8.90. The highest BCUT2D eigenvalue weighted by Crippen LogP contribution is 2.21. The van der Waals surface area contributed by atoms with E-state index in [1.54, 1.807) is 0 Å². The quantitative estimate of drug-likeness (QED) is 0.814. The summed E-state index contributed by atoms with van der Waals surface area (Å²) >= 11 is 0. The van der Waals surface area contributed by atoms with Gasteiger partial charge in [0.25, 0.3) is 0 Å². The van der Waals surface area contributed by atoms with E-state index in [1.165, 1.54) is 6.07 Å². The van der Waals surface area contributed by atoms with Gasteiger partial charge in [-0.2, -0.15) is 0 Å². The number of ether oxygens (including phenoxy) is 1. The van der Waals surface area contributed by atoms with Gasteiger partial charge in [0.05, 0.1) is 19.3 Å². The van der Waals surface area contributed by atoms with Crippen LogP contribution in [0, 0.1) is 11.6 Å². The SMILES string of the molecule is C[C@H](NC(=O)/C=C/c1c(F)cccc1F)c1cccc(N2CCOCC2)c1. The summed E-state index contributed by atoms with van der Waals surface area (Å²) in [5.74, 6) is -1.82. The van der Waals surface area contributed by atoms with Gasteiger partial charge in [0.1, 0.15) is 11.6 Å². The molecule has 1 saturated heterocycles. The van der Waals surface area contributed by atoms with Crippen LogP contribution in [0.4, 0.5) is 14.5 Å². The maximum atomic E-state index is 13.6. The molecule has 1 amide bonds. The number of halogens is 2. The molecule has 0 unspecified atom stereocenters. The van der Waals surface area contributed by atoms with Crippen molar-refractivity contribution in [3.63, 3.8) is 0 Å². The number of rotatable bonds is 5. The largest absolute Gasteiger partial charge is 0.378 e. The highest BCUT2D eigenvalue weighted by molar-refractivity contribution is 5.92. The lowest BCUT2D eigenvalue weighted by Gasteiger charge is -2.29. The molecule has 6 heteroatoms. The number of anilines is 1. The van der Waals surface area contributed by atoms with Crippen LogP contribution in [-0.2, 0) is 9.53 Å². The van der Waals surface area contributed by atoms with Crippen LogP contribution in [0.5, 0.6) is 0 Å². The average Bonchev–Trinajstić information content (AvgIpc) is 2.68. The second kappa shape index (κ2) is 8.77. The van der Waals surface area contributed by atoms with Gasteiger partial charge in [-0.25, -0.2) is 8.78 Å². The Balaban J connectivity index is 1.65. The molecule has 0 aromatic heterocycles. The second-order valence-corrected chi connectivity index (χ2v) is 6.39. The molecular formula is C21H22F2N2O2. The third-order valence-corrected chi connectivity index (χ3v) is 4.51. The van der Waals surface area contributed by atoms with E-state index in [1.807, 2.05) is 31.2 Å². The Morgan fingerprint density at radius 3 is 2.52 bits per heavy atom. The molecule has 1 N–H and O–H groups in total. The number of amides is 1. The minimum absolute atomic E-state index is 0.227. The summed E-state index contributed by atoms with van der Waals surface area (Å²) in [5.41, 5.74) is 1.81. The minimum atomic E-state index is -0.703. The lowest BCUT2D eigenvalue weighted by atomic mass is 10.1. The highest BCUT2D eigenvalue weighted by atomic mass is 19.1. The van der Waals surface area contributed by atoms with E-state index >= 15 is 0 Å². The fourth-order valence-corrected chi connectivity index (χ4v) is 2.99. The van der Waals surface area contributed by atoms with Crippen LogP contribution in [-0.4, -0.2) is 32.2 Å². The number of morpholine rings is 1. The third kappa shape index (κ3) is 4.92. The van der Waals surface area contributed by atoms with Crippen molar-refractivity contribution in [2.45, 2.75) is 13.0 Å². The molecule has 142 valence electrons. The fourth-order valence-electron chi connectivity index (χ4n) is 2.99. The Bertz CT molecular complexity index is 812. The molecule has 2 aromatic carbocycles. The molecule has 0 spiro atoms. The number of nitrogens with one attached hydrogen (secondary N) is 1. The summed E-state index contributed by atoms with van der Waals surface area (Å²) in [6.07, 6.45) is 2.29. The van der Waals surface area contributed by atoms with Gasteiger partial charge in [0.2, 0.25) is 5.91 Å². The molecule has 0 saturated carbocycles. The maximum absolute atomic E-state index is 13.6. The summed E-state index contributed by atoms with van der Waals surface area (Å²) in [7, 11) is 0. The number of hydrogen-bond donors (Lipinski definition) is 1. The molecule has 3 rings (SSSR count). The van der Waals surface area contributed by atoms with Crippen LogP contribution in [0.3, 0.4) is 0 Å². The molecule has 27 heavy (non-hydrogen) atoms. The van der Waals surface area contributed by atoms with E-state index in [2.05, 4.69) is 10.2 Å². The molecule has 0 radical (unpaired) electrons. The molecule has 1 heterocycles. The topological polar surface area (TPSA) is 41.6 Å². The van der Waals surface area contributed by atoms with E-state index in [0.29, 0.717) is 13.2 Å². The van der Waals surface area contributed by atoms with Crippen molar-refractivity contribution in [2.24, 2.45) is 0 Å². The van der Waals surface area contributed by atoms with Crippen molar-refractivity contribution in [2.75, 3.05) is 31.2 Å². The van der Waals surface area contributed by atoms with Crippen molar-refractivity contribution < 1.29 is 18.3 Å². The predicted octanol–water partition coefficient (Wildman–Crippen LogP) is 3.69. The average molecular weight is 372 g/mol. The monoisotopic (exact) mass is 372 g/mol. The smallest absolute Gasteiger partial charge is 0.244 e. The van der Waals surface area contributed by atoms with Crippen molar-refractivity contribution in [3.05, 3.63) is 71.3 Å². The lowest BCUT2D eigenvalue weighted by molar-refractivity contribution is -0.117. The van der Waals surface area contributed by atoms with Crippen molar-refractivity contribution >= 4 is 17.7 Å². The maximum Gasteiger partial charge on any atom is 0.244 e. The molecule has 1 aliphatic rings. The molecule has 0 aliphatic carbocycles. The normalized spacial score (nSPS) is 15.7. The van der Waals surface area contributed by atoms with E-state index in [4.69, 9.17) is 4.74 Å². The van der Waals surface area contributed by atoms with Gasteiger partial charge >= 0.3 is 0 Å². The zero-order valence-electron chi connectivity index (χ0n) is 15.1. The Morgan fingerprint density at radius 2 is 1.81 bits per heavy atom. The summed E-state index contributed by atoms with van der Waals surface area (Å²) in [5, 5.41) is 2.82. The summed E-state index contributed by atoms with van der Waals surface area (Å²) in [6, 6.07) is 11.3. The highest BCUT2D eigenvalue weighted by Gasteiger charge is 2.14. The molecule has 2 aromatic rings. The van der Waals surface area contributed by atoms with Gasteiger partial charge in [-0.05, 0) is 42.8 Å². The van der Waals surface area contributed by atoms with Gasteiger partial charge in [-0.15, -0.1) is 0 Å². The Hall–Kier alpha value is -2.73. The van der Waals surface area contributed by atoms with Crippen LogP contribution < -0.4 is 10.2 Å². The van der Waals surface area contributed by atoms with Gasteiger partial charge < -0.3 is 15.0 Å². The zero-order chi connectivity index (χ0) is 19.2. The predicted molar refractivity (Wildman–Crippen MR) is 101 cm³/mol. The third-order valence-electron chi connectivity index (χ3n) is 4.51. The van der Waals surface area contributed by atoms with Gasteiger partial charge in [-0.3, -0.25) is 4.79 Å². The van der Waals surface area contributed by atoms with Crippen LogP contribution in [0.2, 0.25) is 0 Å². The van der Waals surface area contributed by atoms with Crippen molar-refractivity contribution in [3.8, 4) is 0 Å². The number of carbonyl (C=O) groups excluding carboxylic acids is 1. The second-order valence-electron chi connectivity index (χ2n) is 6.39. The summed E-state index contributed by atoms with van der Waals surface area (Å²) < 4.78 is 32.6. The zero-order valence-corrected chi connectivity index (χ0v) is 15.1. The Kier molecular flexibility index (Phi) is 6.19. The van der Waals surface area contributed by atoms with E-state index in [9.17, 15) is 13.6 Å². The van der Waals surface area contributed by atoms with Crippen LogP contribution in [0.15, 0.2) is 48.5 Å². The summed E-state index contributed by atoms with van der Waals surface area (Å²) in [6.45, 7) is 4.94. The summed E-state index contributed by atoms with van der Waals surface area (Å²) in [4.78, 5) is 14.4. The first-order chi connectivity index (χ1) is 13.0. The first-order valence-corrected chi connectivity index (χ1v) is 8.90. The number of hydrogen-bond acceptors (Lipinski definition) is 3. The molecule has 1 fully saturated rings. The standard InChI is InChI=1S/C21H22F2N2O2/c1-15(16-4-2-5-17(14-16)25-10-12-27-13-11-25)24-21(26)9-8-18-19(22)6-3-7-20(18)23/h2-9,14-15H,10-13H2,1H3,(H,24,26)/b9-8+/t15-/m0/s1. The minimum Gasteiger partial charge on any atom is -0.378 e. The van der Waals surface area contributed by atoms with E-state index in [-0.39, 0.29) is 11.6 Å². The first kappa shape index (κ1) is 19.0. The number of nitrogens with zero attached hydrogens (tertiary/aromatic N) is 1. The van der Waals surface area contributed by atoms with E-state index < -0.39 is 17.5 Å². The van der Waals surface area contributed by atoms with Crippen molar-refractivity contribution in [1.82, 2.24) is 5.32 Å². The van der Waals surface area contributed by atoms with E-state index in [0.717, 1.165) is 48.6 Å². The lowest BCUT2D eigenvalue weighted by Crippen LogP contribution is -2.36. The van der Waals surface area contributed by atoms with Gasteiger partial charge in [0.15, 0.2) is 0 Å². The number of benzene rings is 2. The van der Waals surface area contributed by atoms with Gasteiger partial charge in [0, 0.05) is 30.4 Å². The van der Waals surface area contributed by atoms with Crippen LogP contribution in [0.25, 0.3) is 6.08 Å². The molecular weight excluding hydrogens is 350 g/mol. The molecule has 1 aliphatic heterocycles. The Labute approximate surface area is 157 Å². The Morgan fingerprint density at radius 1 is 1.15 bits per heavy atom. The molecule has 4 nitrogen and oxygen atoms in total. The number of carbonyl (C=O) groups is 1.